The lowest BCUT2D eigenvalue weighted by Gasteiger charge is -2.32. The Morgan fingerprint density at radius 3 is 1.56 bits per heavy atom. The molecular weight excluding hydrogens is 722 g/mol. The number of halogens is 6. The number of hydrogen-bond acceptors (Lipinski definition) is 7. The molecule has 4 aromatic rings. The van der Waals surface area contributed by atoms with Gasteiger partial charge in [-0.2, -0.15) is 26.3 Å². The van der Waals surface area contributed by atoms with E-state index in [1.54, 1.807) is 0 Å². The fraction of sp³-hybridized carbons (Fsp3) is 0.282. The molecule has 9 nitrogen and oxygen atoms in total. The molecule has 0 saturated heterocycles. The molecule has 4 amide bonds. The number of aliphatic hydroxyl groups is 2. The summed E-state index contributed by atoms with van der Waals surface area (Å²) < 4.78 is 90.8. The van der Waals surface area contributed by atoms with Gasteiger partial charge in [0.2, 0.25) is 0 Å². The molecule has 282 valence electrons. The number of rotatable bonds is 7. The number of benzene rings is 4. The molecule has 2 N–H and O–H groups in total. The average Bonchev–Trinajstić information content (AvgIpc) is 3.43. The minimum atomic E-state index is -5.32. The van der Waals surface area contributed by atoms with Crippen molar-refractivity contribution in [3.05, 3.63) is 122 Å². The van der Waals surface area contributed by atoms with Crippen LogP contribution >= 0.6 is 0 Å². The number of alkyl halides is 6. The van der Waals surface area contributed by atoms with Gasteiger partial charge in [-0.25, -0.2) is 4.90 Å². The third-order valence-electron chi connectivity index (χ3n) is 10.0. The van der Waals surface area contributed by atoms with E-state index in [-0.39, 0.29) is 62.4 Å². The molecule has 6 rings (SSSR count). The van der Waals surface area contributed by atoms with Crippen LogP contribution in [-0.2, 0) is 17.6 Å². The zero-order valence-corrected chi connectivity index (χ0v) is 29.6. The van der Waals surface area contributed by atoms with Crippen LogP contribution in [0.1, 0.15) is 94.2 Å². The van der Waals surface area contributed by atoms with Gasteiger partial charge in [-0.3, -0.25) is 24.1 Å². The van der Waals surface area contributed by atoms with Gasteiger partial charge in [0.1, 0.15) is 11.5 Å². The fourth-order valence-corrected chi connectivity index (χ4v) is 6.73. The number of amides is 4. The van der Waals surface area contributed by atoms with Crippen molar-refractivity contribution >= 4 is 29.3 Å². The second kappa shape index (κ2) is 12.5. The minimum Gasteiger partial charge on any atom is -0.457 e. The number of imide groups is 2. The first kappa shape index (κ1) is 38.2. The highest BCUT2D eigenvalue weighted by molar-refractivity contribution is 6.35. The molecule has 0 spiro atoms. The molecule has 0 radical (unpaired) electrons. The summed E-state index contributed by atoms with van der Waals surface area (Å²) in [6.07, 6.45) is -10.6. The number of fused-ring (bicyclic) bond motifs is 2. The molecule has 0 fully saturated rings. The van der Waals surface area contributed by atoms with E-state index in [4.69, 9.17) is 4.74 Å². The summed E-state index contributed by atoms with van der Waals surface area (Å²) in [6, 6.07) is 12.9. The minimum absolute atomic E-state index is 0.0219. The summed E-state index contributed by atoms with van der Waals surface area (Å²) in [5.41, 5.74) is -8.03. The van der Waals surface area contributed by atoms with Crippen LogP contribution in [-0.4, -0.2) is 58.1 Å². The molecule has 0 aliphatic carbocycles. The Morgan fingerprint density at radius 1 is 0.593 bits per heavy atom. The van der Waals surface area contributed by atoms with Crippen LogP contribution in [0.15, 0.2) is 60.7 Å². The Bertz CT molecular complexity index is 2310. The standard InChI is InChI=1S/C39H32F6N2O7/c1-18-11-21(14-29(20(18)3)36(4,52)38(40,41)42)13-22-12-19(2)31(30(15-22)37(5,53)39(43,44)45)47-34(50)26-10-8-24(17-28(26)35(47)51)54-23-7-9-25-27(16-23)33(49)46(6)32(25)48/h7-12,14-17,52-53H,13H2,1-6H3. The average molecular weight is 755 g/mol. The monoisotopic (exact) mass is 754 g/mol. The molecule has 2 aliphatic rings. The molecule has 0 saturated carbocycles. The first-order valence-corrected chi connectivity index (χ1v) is 16.4. The van der Waals surface area contributed by atoms with E-state index in [2.05, 4.69) is 0 Å². The SMILES string of the molecule is Cc1cc(Cc2cc(C)c(N3C(=O)c4ccc(Oc5ccc6c(c5)C(=O)N(C)C6=O)cc4C3=O)c(C(C)(O)C(F)(F)F)c2)cc(C(C)(O)C(F)(F)F)c1C. The number of anilines is 1. The third kappa shape index (κ3) is 6.00. The van der Waals surface area contributed by atoms with Crippen LogP contribution in [0.5, 0.6) is 11.5 Å². The molecule has 0 bridgehead atoms. The lowest BCUT2D eigenvalue weighted by molar-refractivity contribution is -0.259. The number of carbonyl (C=O) groups excluding carboxylic acids is 4. The Balaban J connectivity index is 1.39. The second-order valence-corrected chi connectivity index (χ2v) is 13.8. The highest BCUT2D eigenvalue weighted by atomic mass is 19.4. The van der Waals surface area contributed by atoms with Crippen LogP contribution in [0.4, 0.5) is 32.0 Å². The first-order valence-electron chi connectivity index (χ1n) is 16.4. The lowest BCUT2D eigenvalue weighted by Crippen LogP contribution is -2.42. The summed E-state index contributed by atoms with van der Waals surface area (Å²) in [5, 5.41) is 21.5. The van der Waals surface area contributed by atoms with Crippen LogP contribution < -0.4 is 9.64 Å². The van der Waals surface area contributed by atoms with Crippen molar-refractivity contribution in [2.45, 2.75) is 64.6 Å². The van der Waals surface area contributed by atoms with Gasteiger partial charge in [0.25, 0.3) is 23.6 Å². The van der Waals surface area contributed by atoms with Gasteiger partial charge in [0.15, 0.2) is 11.2 Å². The second-order valence-electron chi connectivity index (χ2n) is 13.8. The molecule has 2 atom stereocenters. The smallest absolute Gasteiger partial charge is 0.421 e. The number of aryl methyl sites for hydroxylation is 2. The highest BCUT2D eigenvalue weighted by Crippen LogP contribution is 2.47. The van der Waals surface area contributed by atoms with Gasteiger partial charge in [0.05, 0.1) is 27.9 Å². The van der Waals surface area contributed by atoms with Crippen molar-refractivity contribution in [3.8, 4) is 11.5 Å². The van der Waals surface area contributed by atoms with E-state index in [0.717, 1.165) is 17.0 Å². The van der Waals surface area contributed by atoms with Gasteiger partial charge in [-0.15, -0.1) is 0 Å². The van der Waals surface area contributed by atoms with E-state index in [9.17, 15) is 55.7 Å². The Kier molecular flexibility index (Phi) is 8.85. The van der Waals surface area contributed by atoms with Crippen molar-refractivity contribution in [2.75, 3.05) is 11.9 Å². The van der Waals surface area contributed by atoms with Crippen molar-refractivity contribution in [3.63, 3.8) is 0 Å². The van der Waals surface area contributed by atoms with E-state index in [1.807, 2.05) is 0 Å². The zero-order chi connectivity index (χ0) is 40.0. The first-order chi connectivity index (χ1) is 24.9. The topological polar surface area (TPSA) is 124 Å². The normalized spacial score (nSPS) is 16.8. The predicted octanol–water partition coefficient (Wildman–Crippen LogP) is 7.56. The Morgan fingerprint density at radius 2 is 1.02 bits per heavy atom. The molecular formula is C39H32F6N2O7. The number of hydrogen-bond donors (Lipinski definition) is 2. The van der Waals surface area contributed by atoms with Crippen molar-refractivity contribution in [1.82, 2.24) is 4.90 Å². The predicted molar refractivity (Wildman–Crippen MR) is 182 cm³/mol. The molecule has 54 heavy (non-hydrogen) atoms. The summed E-state index contributed by atoms with van der Waals surface area (Å²) >= 11 is 0. The molecule has 4 aromatic carbocycles. The van der Waals surface area contributed by atoms with Crippen LogP contribution in [0, 0.1) is 20.8 Å². The number of nitrogens with zero attached hydrogens (tertiary/aromatic N) is 2. The Hall–Kier alpha value is -5.54. The maximum absolute atomic E-state index is 14.5. The molecule has 2 heterocycles. The molecule has 2 unspecified atom stereocenters. The molecule has 2 aliphatic heterocycles. The quantitative estimate of drug-likeness (QED) is 0.147. The zero-order valence-electron chi connectivity index (χ0n) is 29.6. The van der Waals surface area contributed by atoms with E-state index < -0.39 is 64.0 Å². The van der Waals surface area contributed by atoms with Gasteiger partial charge < -0.3 is 14.9 Å². The largest absolute Gasteiger partial charge is 0.457 e. The molecule has 0 aromatic heterocycles. The third-order valence-corrected chi connectivity index (χ3v) is 10.0. The van der Waals surface area contributed by atoms with Crippen LogP contribution in [0.2, 0.25) is 0 Å². The van der Waals surface area contributed by atoms with Crippen molar-refractivity contribution in [2.24, 2.45) is 0 Å². The van der Waals surface area contributed by atoms with Gasteiger partial charge in [-0.05, 0) is 111 Å². The maximum Gasteiger partial charge on any atom is 0.421 e. The number of ether oxygens (including phenoxy) is 1. The summed E-state index contributed by atoms with van der Waals surface area (Å²) in [5.74, 6) is -2.93. The van der Waals surface area contributed by atoms with E-state index in [0.29, 0.717) is 24.3 Å². The fourth-order valence-electron chi connectivity index (χ4n) is 6.73. The van der Waals surface area contributed by atoms with Crippen molar-refractivity contribution in [1.29, 1.82) is 0 Å². The summed E-state index contributed by atoms with van der Waals surface area (Å²) in [6.45, 7) is 5.31. The van der Waals surface area contributed by atoms with Crippen LogP contribution in [0.3, 0.4) is 0 Å². The van der Waals surface area contributed by atoms with Crippen molar-refractivity contribution < 1.29 is 60.5 Å². The maximum atomic E-state index is 14.5. The van der Waals surface area contributed by atoms with E-state index in [1.165, 1.54) is 76.3 Å². The van der Waals surface area contributed by atoms with Gasteiger partial charge in [-0.1, -0.05) is 24.3 Å². The highest BCUT2D eigenvalue weighted by Gasteiger charge is 2.54. The number of carbonyl (C=O) groups is 4. The molecule has 15 heteroatoms. The van der Waals surface area contributed by atoms with E-state index >= 15 is 0 Å². The summed E-state index contributed by atoms with van der Waals surface area (Å²) in [7, 11) is 1.32. The van der Waals surface area contributed by atoms with Crippen LogP contribution in [0.25, 0.3) is 0 Å². The summed E-state index contributed by atoms with van der Waals surface area (Å²) in [4.78, 5) is 53.8. The van der Waals surface area contributed by atoms with Gasteiger partial charge in [0, 0.05) is 12.6 Å². The van der Waals surface area contributed by atoms with Gasteiger partial charge >= 0.3 is 12.4 Å². The lowest BCUT2D eigenvalue weighted by atomic mass is 9.85. The Labute approximate surface area is 304 Å².